The Hall–Kier alpha value is -0.910. The Balaban J connectivity index is 3.96. The number of hydrogen-bond acceptors (Lipinski definition) is 2. The summed E-state index contributed by atoms with van der Waals surface area (Å²) in [6.45, 7) is 1.61. The summed E-state index contributed by atoms with van der Waals surface area (Å²) in [6, 6.07) is 0.0477. The number of nitrogens with zero attached hydrogens (tertiary/aromatic N) is 1. The van der Waals surface area contributed by atoms with Crippen molar-refractivity contribution in [3.05, 3.63) is 0 Å². The lowest BCUT2D eigenvalue weighted by Gasteiger charge is -2.12. The van der Waals surface area contributed by atoms with Gasteiger partial charge in [-0.05, 0) is 13.8 Å². The van der Waals surface area contributed by atoms with Crippen molar-refractivity contribution < 1.29 is 13.9 Å². The van der Waals surface area contributed by atoms with Crippen LogP contribution in [0.4, 0.5) is 8.78 Å². The zero-order valence-corrected chi connectivity index (χ0v) is 7.72. The number of aliphatic imine (C=N–C) groups is 1. The number of aliphatic hydroxyl groups excluding tert-OH is 1. The van der Waals surface area contributed by atoms with Gasteiger partial charge >= 0.3 is 0 Å². The fourth-order valence-corrected chi connectivity index (χ4v) is 0.592. The maximum Gasteiger partial charge on any atom is 0.289 e. The second-order valence-electron chi connectivity index (χ2n) is 3.01. The quantitative estimate of drug-likeness (QED) is 0.434. The van der Waals surface area contributed by atoms with Gasteiger partial charge in [0.1, 0.15) is 13.2 Å². The lowest BCUT2D eigenvalue weighted by Crippen LogP contribution is -2.38. The van der Waals surface area contributed by atoms with Crippen molar-refractivity contribution in [2.24, 2.45) is 10.7 Å². The van der Waals surface area contributed by atoms with Crippen molar-refractivity contribution >= 4 is 5.96 Å². The molecule has 78 valence electrons. The highest BCUT2D eigenvalue weighted by Crippen LogP contribution is 2.11. The fourth-order valence-electron chi connectivity index (χ4n) is 0.592. The Morgan fingerprint density at radius 1 is 1.62 bits per heavy atom. The normalized spacial score (nSPS) is 13.5. The van der Waals surface area contributed by atoms with Crippen molar-refractivity contribution in [2.75, 3.05) is 13.2 Å². The van der Waals surface area contributed by atoms with Crippen molar-refractivity contribution in [1.29, 1.82) is 0 Å². The van der Waals surface area contributed by atoms with Crippen LogP contribution in [0.1, 0.15) is 13.8 Å². The first-order valence-corrected chi connectivity index (χ1v) is 3.92. The third kappa shape index (κ3) is 6.27. The van der Waals surface area contributed by atoms with E-state index in [-0.39, 0.29) is 12.0 Å². The number of guanidine groups is 1. The number of alkyl halides is 2. The van der Waals surface area contributed by atoms with Gasteiger partial charge in [0.2, 0.25) is 0 Å². The minimum absolute atomic E-state index is 0.0388. The summed E-state index contributed by atoms with van der Waals surface area (Å²) in [4.78, 5) is 3.38. The largest absolute Gasteiger partial charge is 0.390 e. The van der Waals surface area contributed by atoms with Crippen LogP contribution < -0.4 is 11.1 Å². The Bertz CT molecular complexity index is 183. The van der Waals surface area contributed by atoms with Crippen molar-refractivity contribution in [3.8, 4) is 0 Å². The van der Waals surface area contributed by atoms with Gasteiger partial charge in [-0.3, -0.25) is 0 Å². The standard InChI is InChI=1S/C7H15F2N3O/c1-5(2)12-6(10)11-3-7(8,9)4-13/h5,13H,3-4H2,1-2H3,(H3,10,11,12). The monoisotopic (exact) mass is 195 g/mol. The molecule has 0 spiro atoms. The predicted molar refractivity (Wildman–Crippen MR) is 46.8 cm³/mol. The van der Waals surface area contributed by atoms with E-state index in [4.69, 9.17) is 10.8 Å². The summed E-state index contributed by atoms with van der Waals surface area (Å²) in [5, 5.41) is 10.9. The van der Waals surface area contributed by atoms with Crippen LogP contribution in [-0.2, 0) is 0 Å². The molecule has 0 aromatic heterocycles. The Morgan fingerprint density at radius 3 is 2.54 bits per heavy atom. The fraction of sp³-hybridized carbons (Fsp3) is 0.857. The topological polar surface area (TPSA) is 70.6 Å². The lowest BCUT2D eigenvalue weighted by molar-refractivity contribution is -0.0404. The Morgan fingerprint density at radius 2 is 2.15 bits per heavy atom. The number of rotatable bonds is 4. The van der Waals surface area contributed by atoms with Crippen molar-refractivity contribution in [1.82, 2.24) is 5.32 Å². The van der Waals surface area contributed by atoms with E-state index in [2.05, 4.69) is 10.3 Å². The maximum absolute atomic E-state index is 12.4. The highest BCUT2D eigenvalue weighted by atomic mass is 19.3. The molecule has 0 saturated heterocycles. The molecule has 0 amide bonds. The third-order valence-corrected chi connectivity index (χ3v) is 1.15. The van der Waals surface area contributed by atoms with Crippen LogP contribution in [0.2, 0.25) is 0 Å². The molecule has 0 aliphatic heterocycles. The van der Waals surface area contributed by atoms with Crippen molar-refractivity contribution in [3.63, 3.8) is 0 Å². The molecule has 0 aliphatic rings. The molecule has 4 nitrogen and oxygen atoms in total. The first-order chi connectivity index (χ1) is 5.87. The average Bonchev–Trinajstić information content (AvgIpc) is 2.00. The van der Waals surface area contributed by atoms with E-state index in [1.807, 2.05) is 13.8 Å². The summed E-state index contributed by atoms with van der Waals surface area (Å²) in [6.07, 6.45) is 0. The molecule has 0 fully saturated rings. The molecule has 0 bridgehead atoms. The second kappa shape index (κ2) is 4.96. The lowest BCUT2D eigenvalue weighted by atomic mass is 10.4. The molecule has 4 N–H and O–H groups in total. The summed E-state index contributed by atoms with van der Waals surface area (Å²) < 4.78 is 24.8. The van der Waals surface area contributed by atoms with Gasteiger partial charge in [-0.15, -0.1) is 0 Å². The molecule has 0 radical (unpaired) electrons. The molecule has 0 aromatic rings. The van der Waals surface area contributed by atoms with Crippen LogP contribution in [0.25, 0.3) is 0 Å². The number of halogens is 2. The van der Waals surface area contributed by atoms with Crippen LogP contribution in [0, 0.1) is 0 Å². The minimum atomic E-state index is -3.19. The van der Waals surface area contributed by atoms with Gasteiger partial charge in [-0.2, -0.15) is 0 Å². The summed E-state index contributed by atoms with van der Waals surface area (Å²) in [5.74, 6) is -3.23. The smallest absolute Gasteiger partial charge is 0.289 e. The van der Waals surface area contributed by atoms with Crippen LogP contribution in [-0.4, -0.2) is 36.2 Å². The molecule has 0 rings (SSSR count). The predicted octanol–water partition coefficient (Wildman–Crippen LogP) is -0.0733. The maximum atomic E-state index is 12.4. The van der Waals surface area contributed by atoms with Gasteiger partial charge in [0.25, 0.3) is 5.92 Å². The van der Waals surface area contributed by atoms with Crippen LogP contribution in [0.3, 0.4) is 0 Å². The number of aliphatic hydroxyl groups is 1. The molecule has 0 aliphatic carbocycles. The molecule has 0 unspecified atom stereocenters. The summed E-state index contributed by atoms with van der Waals surface area (Å²) in [7, 11) is 0. The van der Waals surface area contributed by atoms with E-state index in [0.29, 0.717) is 0 Å². The molecular weight excluding hydrogens is 180 g/mol. The zero-order valence-electron chi connectivity index (χ0n) is 7.72. The molecule has 0 aromatic carbocycles. The number of hydrogen-bond donors (Lipinski definition) is 3. The SMILES string of the molecule is CC(C)NC(N)=NCC(F)(F)CO. The van der Waals surface area contributed by atoms with E-state index in [1.54, 1.807) is 0 Å². The van der Waals surface area contributed by atoms with Gasteiger partial charge < -0.3 is 16.2 Å². The highest BCUT2D eigenvalue weighted by molar-refractivity contribution is 5.78. The van der Waals surface area contributed by atoms with E-state index < -0.39 is 19.1 Å². The van der Waals surface area contributed by atoms with Crippen LogP contribution in [0.5, 0.6) is 0 Å². The third-order valence-electron chi connectivity index (χ3n) is 1.15. The first-order valence-electron chi connectivity index (χ1n) is 3.92. The van der Waals surface area contributed by atoms with Gasteiger partial charge in [-0.1, -0.05) is 0 Å². The first kappa shape index (κ1) is 12.1. The van der Waals surface area contributed by atoms with Gasteiger partial charge in [0.15, 0.2) is 5.96 Å². The highest BCUT2D eigenvalue weighted by Gasteiger charge is 2.27. The van der Waals surface area contributed by atoms with E-state index in [1.165, 1.54) is 0 Å². The molecule has 6 heteroatoms. The molecule has 0 atom stereocenters. The molecule has 0 heterocycles. The zero-order chi connectivity index (χ0) is 10.5. The molecular formula is C7H15F2N3O. The van der Waals surface area contributed by atoms with E-state index in [0.717, 1.165) is 0 Å². The summed E-state index contributed by atoms with van der Waals surface area (Å²) >= 11 is 0. The number of nitrogens with two attached hydrogens (primary N) is 1. The average molecular weight is 195 g/mol. The van der Waals surface area contributed by atoms with E-state index in [9.17, 15) is 8.78 Å². The Labute approximate surface area is 75.8 Å². The van der Waals surface area contributed by atoms with E-state index >= 15 is 0 Å². The Kier molecular flexibility index (Phi) is 4.61. The molecule has 0 saturated carbocycles. The van der Waals surface area contributed by atoms with Gasteiger partial charge in [0.05, 0.1) is 0 Å². The number of nitrogens with one attached hydrogen (secondary N) is 1. The van der Waals surface area contributed by atoms with Crippen LogP contribution in [0.15, 0.2) is 4.99 Å². The van der Waals surface area contributed by atoms with Crippen molar-refractivity contribution in [2.45, 2.75) is 25.8 Å². The minimum Gasteiger partial charge on any atom is -0.390 e. The van der Waals surface area contributed by atoms with Gasteiger partial charge in [0, 0.05) is 6.04 Å². The molecule has 13 heavy (non-hydrogen) atoms. The van der Waals surface area contributed by atoms with Gasteiger partial charge in [-0.25, -0.2) is 13.8 Å². The van der Waals surface area contributed by atoms with Crippen LogP contribution >= 0.6 is 0 Å². The second-order valence-corrected chi connectivity index (χ2v) is 3.01. The summed E-state index contributed by atoms with van der Waals surface area (Å²) in [5.41, 5.74) is 5.26.